The van der Waals surface area contributed by atoms with E-state index in [0.717, 1.165) is 18.7 Å². The molecule has 3 nitrogen and oxygen atoms in total. The fraction of sp³-hybridized carbons (Fsp3) is 0.643. The van der Waals surface area contributed by atoms with Gasteiger partial charge in [-0.1, -0.05) is 13.8 Å². The van der Waals surface area contributed by atoms with Crippen molar-refractivity contribution in [2.24, 2.45) is 0 Å². The summed E-state index contributed by atoms with van der Waals surface area (Å²) in [5.41, 5.74) is 1.28. The molecule has 2 rings (SSSR count). The Labute approximate surface area is 115 Å². The minimum Gasteiger partial charge on any atom is -0.474 e. The van der Waals surface area contributed by atoms with Crippen molar-refractivity contribution in [2.45, 2.75) is 57.1 Å². The minimum absolute atomic E-state index is 0.248. The standard InChI is InChI=1S/C14H22N2OS/c1-9(2)11-4-5-15-14(6-11)17-13-7-12(8-13)16-10(3)18/h4-6,9-10,12-13,16,18H,7-8H2,1-3H3/t10?,12-,13-. The van der Waals surface area contributed by atoms with Gasteiger partial charge < -0.3 is 10.1 Å². The van der Waals surface area contributed by atoms with Gasteiger partial charge in [0, 0.05) is 23.7 Å². The van der Waals surface area contributed by atoms with Gasteiger partial charge in [0.25, 0.3) is 0 Å². The molecule has 1 heterocycles. The first kappa shape index (κ1) is 13.7. The maximum Gasteiger partial charge on any atom is 0.213 e. The molecule has 1 aromatic heterocycles. The van der Waals surface area contributed by atoms with Crippen LogP contribution in [-0.2, 0) is 0 Å². The molecular weight excluding hydrogens is 244 g/mol. The molecule has 18 heavy (non-hydrogen) atoms. The maximum atomic E-state index is 5.88. The van der Waals surface area contributed by atoms with Crippen LogP contribution in [0.4, 0.5) is 0 Å². The van der Waals surface area contributed by atoms with Crippen LogP contribution in [-0.4, -0.2) is 22.5 Å². The van der Waals surface area contributed by atoms with Crippen molar-refractivity contribution in [1.29, 1.82) is 0 Å². The minimum atomic E-state index is 0.248. The molecule has 0 amide bonds. The molecule has 0 spiro atoms. The van der Waals surface area contributed by atoms with Crippen molar-refractivity contribution in [3.05, 3.63) is 23.9 Å². The summed E-state index contributed by atoms with van der Waals surface area (Å²) in [5, 5.41) is 3.64. The highest BCUT2D eigenvalue weighted by Crippen LogP contribution is 2.27. The Balaban J connectivity index is 1.83. The predicted octanol–water partition coefficient (Wildman–Crippen LogP) is 2.98. The van der Waals surface area contributed by atoms with Crippen LogP contribution in [0.5, 0.6) is 5.88 Å². The first-order chi connectivity index (χ1) is 8.54. The molecule has 1 fully saturated rings. The average Bonchev–Trinajstić information content (AvgIpc) is 2.26. The highest BCUT2D eigenvalue weighted by molar-refractivity contribution is 7.80. The summed E-state index contributed by atoms with van der Waals surface area (Å²) in [6.45, 7) is 6.40. The van der Waals surface area contributed by atoms with Gasteiger partial charge in [0.15, 0.2) is 0 Å². The summed E-state index contributed by atoms with van der Waals surface area (Å²) in [5.74, 6) is 1.26. The number of aromatic nitrogens is 1. The summed E-state index contributed by atoms with van der Waals surface area (Å²) in [7, 11) is 0. The van der Waals surface area contributed by atoms with Crippen molar-refractivity contribution in [3.8, 4) is 5.88 Å². The van der Waals surface area contributed by atoms with E-state index in [-0.39, 0.29) is 5.37 Å². The van der Waals surface area contributed by atoms with Gasteiger partial charge in [-0.05, 0) is 37.3 Å². The first-order valence-electron chi connectivity index (χ1n) is 6.61. The third-order valence-corrected chi connectivity index (χ3v) is 3.43. The van der Waals surface area contributed by atoms with Crippen LogP contribution in [0.15, 0.2) is 18.3 Å². The second-order valence-electron chi connectivity index (χ2n) is 5.33. The van der Waals surface area contributed by atoms with E-state index in [1.807, 2.05) is 25.3 Å². The molecule has 1 atom stereocenters. The zero-order chi connectivity index (χ0) is 13.1. The number of thiol groups is 1. The molecule has 1 aromatic rings. The number of ether oxygens (including phenoxy) is 1. The van der Waals surface area contributed by atoms with E-state index in [1.54, 1.807) is 0 Å². The number of pyridine rings is 1. The van der Waals surface area contributed by atoms with E-state index in [4.69, 9.17) is 4.74 Å². The molecule has 0 radical (unpaired) electrons. The Morgan fingerprint density at radius 1 is 1.39 bits per heavy atom. The number of nitrogens with zero attached hydrogens (tertiary/aromatic N) is 1. The molecule has 4 heteroatoms. The molecule has 0 saturated heterocycles. The summed E-state index contributed by atoms with van der Waals surface area (Å²) in [4.78, 5) is 4.27. The number of hydrogen-bond donors (Lipinski definition) is 2. The highest BCUT2D eigenvalue weighted by atomic mass is 32.1. The third-order valence-electron chi connectivity index (χ3n) is 3.28. The SMILES string of the molecule is CC(S)N[C@H]1C[C@H](Oc2cc(C(C)C)ccn2)C1. The second-order valence-corrected chi connectivity index (χ2v) is 6.11. The van der Waals surface area contributed by atoms with E-state index in [0.29, 0.717) is 18.1 Å². The number of nitrogens with one attached hydrogen (secondary N) is 1. The van der Waals surface area contributed by atoms with E-state index in [1.165, 1.54) is 5.56 Å². The van der Waals surface area contributed by atoms with Crippen LogP contribution in [0.2, 0.25) is 0 Å². The first-order valence-corrected chi connectivity index (χ1v) is 7.13. The largest absolute Gasteiger partial charge is 0.474 e. The smallest absolute Gasteiger partial charge is 0.213 e. The van der Waals surface area contributed by atoms with Crippen LogP contribution >= 0.6 is 12.6 Å². The van der Waals surface area contributed by atoms with Gasteiger partial charge in [0.05, 0.1) is 0 Å². The van der Waals surface area contributed by atoms with Gasteiger partial charge in [0.2, 0.25) is 5.88 Å². The molecule has 1 aliphatic rings. The molecule has 1 saturated carbocycles. The average molecular weight is 266 g/mol. The van der Waals surface area contributed by atoms with E-state index < -0.39 is 0 Å². The third kappa shape index (κ3) is 3.62. The lowest BCUT2D eigenvalue weighted by molar-refractivity contribution is 0.0801. The Morgan fingerprint density at radius 3 is 2.72 bits per heavy atom. The molecule has 0 bridgehead atoms. The van der Waals surface area contributed by atoms with Crippen molar-refractivity contribution in [3.63, 3.8) is 0 Å². The summed E-state index contributed by atoms with van der Waals surface area (Å²) in [6.07, 6.45) is 4.20. The lowest BCUT2D eigenvalue weighted by Gasteiger charge is -2.36. The Morgan fingerprint density at radius 2 is 2.11 bits per heavy atom. The van der Waals surface area contributed by atoms with Crippen LogP contribution in [0, 0.1) is 0 Å². The molecule has 1 N–H and O–H groups in total. The summed E-state index contributed by atoms with van der Waals surface area (Å²) < 4.78 is 5.88. The number of hydrogen-bond acceptors (Lipinski definition) is 4. The molecule has 0 aliphatic heterocycles. The topological polar surface area (TPSA) is 34.1 Å². The fourth-order valence-corrected chi connectivity index (χ4v) is 2.37. The van der Waals surface area contributed by atoms with E-state index in [9.17, 15) is 0 Å². The maximum absolute atomic E-state index is 5.88. The second kappa shape index (κ2) is 5.93. The molecule has 100 valence electrons. The lowest BCUT2D eigenvalue weighted by atomic mass is 9.89. The number of rotatable bonds is 5. The Bertz CT molecular complexity index is 389. The van der Waals surface area contributed by atoms with Gasteiger partial charge in [0.1, 0.15) is 6.10 Å². The molecule has 0 aromatic carbocycles. The molecule has 1 aliphatic carbocycles. The normalized spacial score (nSPS) is 24.7. The van der Waals surface area contributed by atoms with Gasteiger partial charge in [-0.15, -0.1) is 0 Å². The van der Waals surface area contributed by atoms with Crippen molar-refractivity contribution >= 4 is 12.6 Å². The van der Waals surface area contributed by atoms with Crippen LogP contribution in [0.1, 0.15) is 45.1 Å². The lowest BCUT2D eigenvalue weighted by Crippen LogP contribution is -2.48. The van der Waals surface area contributed by atoms with Crippen LogP contribution in [0.25, 0.3) is 0 Å². The fourth-order valence-electron chi connectivity index (χ4n) is 2.16. The Hall–Kier alpha value is -0.740. The van der Waals surface area contributed by atoms with Gasteiger partial charge in [-0.3, -0.25) is 0 Å². The van der Waals surface area contributed by atoms with E-state index in [2.05, 4.69) is 36.8 Å². The monoisotopic (exact) mass is 266 g/mol. The zero-order valence-corrected chi connectivity index (χ0v) is 12.2. The molecular formula is C14H22N2OS. The van der Waals surface area contributed by atoms with Crippen molar-refractivity contribution in [1.82, 2.24) is 10.3 Å². The van der Waals surface area contributed by atoms with Gasteiger partial charge in [-0.25, -0.2) is 4.98 Å². The van der Waals surface area contributed by atoms with Crippen molar-refractivity contribution < 1.29 is 4.74 Å². The molecule has 1 unspecified atom stereocenters. The van der Waals surface area contributed by atoms with Crippen LogP contribution < -0.4 is 10.1 Å². The Kier molecular flexibility index (Phi) is 4.51. The van der Waals surface area contributed by atoms with E-state index >= 15 is 0 Å². The summed E-state index contributed by atoms with van der Waals surface area (Å²) in [6, 6.07) is 4.63. The highest BCUT2D eigenvalue weighted by Gasteiger charge is 2.31. The van der Waals surface area contributed by atoms with Crippen LogP contribution in [0.3, 0.4) is 0 Å². The predicted molar refractivity (Wildman–Crippen MR) is 77.3 cm³/mol. The van der Waals surface area contributed by atoms with Crippen molar-refractivity contribution in [2.75, 3.05) is 0 Å². The van der Waals surface area contributed by atoms with Gasteiger partial charge >= 0.3 is 0 Å². The zero-order valence-electron chi connectivity index (χ0n) is 11.3. The van der Waals surface area contributed by atoms with Gasteiger partial charge in [-0.2, -0.15) is 12.6 Å². The quantitative estimate of drug-likeness (QED) is 0.635. The summed E-state index contributed by atoms with van der Waals surface area (Å²) >= 11 is 4.33.